The highest BCUT2D eigenvalue weighted by Crippen LogP contribution is 2.25. The van der Waals surface area contributed by atoms with Gasteiger partial charge in [0, 0.05) is 0 Å². The van der Waals surface area contributed by atoms with Gasteiger partial charge in [0.2, 0.25) is 10.0 Å². The van der Waals surface area contributed by atoms with Crippen molar-refractivity contribution in [3.05, 3.63) is 95.6 Å². The minimum absolute atomic E-state index is 0.108. The average Bonchev–Trinajstić information content (AvgIpc) is 2.77. The molecule has 8 heteroatoms. The largest absolute Gasteiger partial charge is 0.497 e. The number of methoxy groups -OCH3 is 1. The molecule has 0 spiro atoms. The van der Waals surface area contributed by atoms with E-state index in [0.717, 1.165) is 17.4 Å². The fourth-order valence-electron chi connectivity index (χ4n) is 2.96. The Hall–Kier alpha value is -3.65. The van der Waals surface area contributed by atoms with Crippen LogP contribution in [-0.2, 0) is 16.6 Å². The summed E-state index contributed by atoms with van der Waals surface area (Å²) in [7, 11) is -2.07. The standard InChI is InChI=1S/C23H23N3O4S/c1-30-20-12-8-11-19(15-20)16-24-25-23(27)21-13-6-7-14-22(21)26(31(2,28)29)17-18-9-4-3-5-10-18/h3-16H,17H2,1-2H3,(H,25,27)/b24-16+. The number of ether oxygens (including phenoxy) is 1. The predicted molar refractivity (Wildman–Crippen MR) is 122 cm³/mol. The van der Waals surface area contributed by atoms with Crippen LogP contribution in [0.4, 0.5) is 5.69 Å². The molecule has 0 aliphatic rings. The van der Waals surface area contributed by atoms with Crippen molar-refractivity contribution < 1.29 is 17.9 Å². The van der Waals surface area contributed by atoms with Crippen molar-refractivity contribution in [3.63, 3.8) is 0 Å². The fourth-order valence-corrected chi connectivity index (χ4v) is 3.86. The Kier molecular flexibility index (Phi) is 7.04. The van der Waals surface area contributed by atoms with E-state index in [1.165, 1.54) is 10.5 Å². The zero-order valence-electron chi connectivity index (χ0n) is 17.2. The van der Waals surface area contributed by atoms with Crippen molar-refractivity contribution in [2.24, 2.45) is 5.10 Å². The third kappa shape index (κ3) is 5.93. The number of hydrogen-bond donors (Lipinski definition) is 1. The molecule has 3 aromatic carbocycles. The molecule has 1 N–H and O–H groups in total. The van der Waals surface area contributed by atoms with Crippen molar-refractivity contribution in [2.45, 2.75) is 6.54 Å². The molecule has 0 aliphatic heterocycles. The van der Waals surface area contributed by atoms with Gasteiger partial charge >= 0.3 is 0 Å². The number of nitrogens with one attached hydrogen (secondary N) is 1. The van der Waals surface area contributed by atoms with Gasteiger partial charge < -0.3 is 4.74 Å². The van der Waals surface area contributed by atoms with Gasteiger partial charge in [0.15, 0.2) is 0 Å². The lowest BCUT2D eigenvalue weighted by atomic mass is 10.1. The maximum Gasteiger partial charge on any atom is 0.273 e. The number of para-hydroxylation sites is 1. The van der Waals surface area contributed by atoms with E-state index in [1.807, 2.05) is 42.5 Å². The van der Waals surface area contributed by atoms with E-state index < -0.39 is 15.9 Å². The van der Waals surface area contributed by atoms with Gasteiger partial charge in [0.05, 0.1) is 37.4 Å². The molecule has 0 heterocycles. The normalized spacial score (nSPS) is 11.3. The number of rotatable bonds is 8. The summed E-state index contributed by atoms with van der Waals surface area (Å²) in [4.78, 5) is 12.8. The molecule has 0 atom stereocenters. The van der Waals surface area contributed by atoms with Crippen LogP contribution in [0.3, 0.4) is 0 Å². The van der Waals surface area contributed by atoms with Crippen LogP contribution in [0.15, 0.2) is 84.0 Å². The topological polar surface area (TPSA) is 88.1 Å². The molecule has 3 aromatic rings. The fraction of sp³-hybridized carbons (Fsp3) is 0.130. The van der Waals surface area contributed by atoms with Crippen molar-refractivity contribution in [3.8, 4) is 5.75 Å². The van der Waals surface area contributed by atoms with Crippen molar-refractivity contribution in [1.29, 1.82) is 0 Å². The van der Waals surface area contributed by atoms with Gasteiger partial charge in [-0.3, -0.25) is 9.10 Å². The average molecular weight is 438 g/mol. The van der Waals surface area contributed by atoms with Crippen LogP contribution >= 0.6 is 0 Å². The number of benzene rings is 3. The second-order valence-corrected chi connectivity index (χ2v) is 8.65. The first-order chi connectivity index (χ1) is 14.9. The van der Waals surface area contributed by atoms with Crippen LogP contribution in [0.2, 0.25) is 0 Å². The lowest BCUT2D eigenvalue weighted by molar-refractivity contribution is 0.0956. The summed E-state index contributed by atoms with van der Waals surface area (Å²) in [5.74, 6) is 0.154. The molecule has 31 heavy (non-hydrogen) atoms. The number of sulfonamides is 1. The Morgan fingerprint density at radius 1 is 1.03 bits per heavy atom. The Bertz CT molecular complexity index is 1180. The van der Waals surface area contributed by atoms with E-state index in [0.29, 0.717) is 5.75 Å². The summed E-state index contributed by atoms with van der Waals surface area (Å²) in [6, 6.07) is 22.9. The van der Waals surface area contributed by atoms with Crippen molar-refractivity contribution in [1.82, 2.24) is 5.43 Å². The van der Waals surface area contributed by atoms with Gasteiger partial charge in [0.25, 0.3) is 5.91 Å². The van der Waals surface area contributed by atoms with E-state index in [2.05, 4.69) is 10.5 Å². The van der Waals surface area contributed by atoms with Gasteiger partial charge in [-0.25, -0.2) is 13.8 Å². The molecule has 0 unspecified atom stereocenters. The van der Waals surface area contributed by atoms with E-state index in [4.69, 9.17) is 4.74 Å². The number of carbonyl (C=O) groups excluding carboxylic acids is 1. The van der Waals surface area contributed by atoms with Crippen LogP contribution in [0, 0.1) is 0 Å². The van der Waals surface area contributed by atoms with E-state index in [9.17, 15) is 13.2 Å². The Morgan fingerprint density at radius 3 is 2.45 bits per heavy atom. The van der Waals surface area contributed by atoms with Gasteiger partial charge in [-0.05, 0) is 35.4 Å². The second-order valence-electron chi connectivity index (χ2n) is 6.75. The number of nitrogens with zero attached hydrogens (tertiary/aromatic N) is 2. The minimum Gasteiger partial charge on any atom is -0.497 e. The zero-order chi connectivity index (χ0) is 22.3. The predicted octanol–water partition coefficient (Wildman–Crippen LogP) is 3.43. The van der Waals surface area contributed by atoms with Crippen LogP contribution in [0.1, 0.15) is 21.5 Å². The first-order valence-corrected chi connectivity index (χ1v) is 11.3. The molecule has 3 rings (SSSR count). The number of hydrazone groups is 1. The first kappa shape index (κ1) is 22.0. The monoisotopic (exact) mass is 437 g/mol. The summed E-state index contributed by atoms with van der Waals surface area (Å²) in [6.45, 7) is 0.108. The summed E-state index contributed by atoms with van der Waals surface area (Å²) < 4.78 is 31.4. The lowest BCUT2D eigenvalue weighted by Gasteiger charge is -2.24. The maximum atomic E-state index is 12.8. The number of carbonyl (C=O) groups is 1. The summed E-state index contributed by atoms with van der Waals surface area (Å²) >= 11 is 0. The molecular formula is C23H23N3O4S. The molecule has 7 nitrogen and oxygen atoms in total. The number of amides is 1. The second kappa shape index (κ2) is 9.90. The SMILES string of the molecule is COc1cccc(/C=N/NC(=O)c2ccccc2N(Cc2ccccc2)S(C)(=O)=O)c1. The highest BCUT2D eigenvalue weighted by atomic mass is 32.2. The molecule has 0 aromatic heterocycles. The Morgan fingerprint density at radius 2 is 1.74 bits per heavy atom. The van der Waals surface area contributed by atoms with Gasteiger partial charge in [-0.2, -0.15) is 5.10 Å². The van der Waals surface area contributed by atoms with Gasteiger partial charge in [0.1, 0.15) is 5.75 Å². The van der Waals surface area contributed by atoms with Crippen LogP contribution < -0.4 is 14.5 Å². The number of hydrogen-bond acceptors (Lipinski definition) is 5. The first-order valence-electron chi connectivity index (χ1n) is 9.46. The highest BCUT2D eigenvalue weighted by Gasteiger charge is 2.23. The summed E-state index contributed by atoms with van der Waals surface area (Å²) in [6.07, 6.45) is 2.60. The molecule has 0 saturated heterocycles. The molecule has 1 amide bonds. The third-order valence-corrected chi connectivity index (χ3v) is 5.59. The van der Waals surface area contributed by atoms with Gasteiger partial charge in [-0.1, -0.05) is 54.6 Å². The summed E-state index contributed by atoms with van der Waals surface area (Å²) in [5.41, 5.74) is 4.49. The highest BCUT2D eigenvalue weighted by molar-refractivity contribution is 7.92. The van der Waals surface area contributed by atoms with Crippen LogP contribution in [0.25, 0.3) is 0 Å². The van der Waals surface area contributed by atoms with E-state index >= 15 is 0 Å². The molecule has 0 aliphatic carbocycles. The molecular weight excluding hydrogens is 414 g/mol. The van der Waals surface area contributed by atoms with E-state index in [1.54, 1.807) is 43.5 Å². The molecule has 160 valence electrons. The van der Waals surface area contributed by atoms with Crippen molar-refractivity contribution in [2.75, 3.05) is 17.7 Å². The summed E-state index contributed by atoms with van der Waals surface area (Å²) in [5, 5.41) is 3.99. The zero-order valence-corrected chi connectivity index (χ0v) is 18.0. The van der Waals surface area contributed by atoms with Gasteiger partial charge in [-0.15, -0.1) is 0 Å². The Balaban J connectivity index is 1.85. The van der Waals surface area contributed by atoms with Crippen LogP contribution in [0.5, 0.6) is 5.75 Å². The smallest absolute Gasteiger partial charge is 0.273 e. The Labute approximate surface area is 182 Å². The van der Waals surface area contributed by atoms with Crippen LogP contribution in [-0.4, -0.2) is 33.9 Å². The number of anilines is 1. The lowest BCUT2D eigenvalue weighted by Crippen LogP contribution is -2.32. The molecule has 0 radical (unpaired) electrons. The van der Waals surface area contributed by atoms with E-state index in [-0.39, 0.29) is 17.8 Å². The molecule has 0 saturated carbocycles. The quantitative estimate of drug-likeness (QED) is 0.432. The third-order valence-electron chi connectivity index (χ3n) is 4.46. The van der Waals surface area contributed by atoms with Crippen molar-refractivity contribution >= 4 is 27.8 Å². The minimum atomic E-state index is -3.64. The maximum absolute atomic E-state index is 12.8. The molecule has 0 bridgehead atoms. The molecule has 0 fully saturated rings.